The quantitative estimate of drug-likeness (QED) is 0.871. The molecule has 0 saturated carbocycles. The van der Waals surface area contributed by atoms with Crippen LogP contribution in [-0.4, -0.2) is 22.1 Å². The number of carbonyl (C=O) groups is 1. The van der Waals surface area contributed by atoms with Crippen molar-refractivity contribution in [1.82, 2.24) is 10.2 Å². The third-order valence-corrected chi connectivity index (χ3v) is 2.78. The van der Waals surface area contributed by atoms with E-state index in [0.717, 1.165) is 5.56 Å². The highest BCUT2D eigenvalue weighted by Crippen LogP contribution is 2.19. The Balaban J connectivity index is 2.05. The Morgan fingerprint density at radius 2 is 2.00 bits per heavy atom. The maximum Gasteiger partial charge on any atom is 0.247 e. The molecule has 0 radical (unpaired) electrons. The number of rotatable bonds is 4. The molecule has 100 valence electrons. The zero-order chi connectivity index (χ0) is 13.8. The maximum absolute atomic E-state index is 11.8. The molecule has 1 unspecified atom stereocenters. The fourth-order valence-electron chi connectivity index (χ4n) is 1.52. The molecule has 1 atom stereocenters. The molecule has 1 amide bonds. The lowest BCUT2D eigenvalue weighted by molar-refractivity contribution is -0.118. The van der Waals surface area contributed by atoms with Crippen LogP contribution in [0, 0.1) is 5.92 Å². The third-order valence-electron chi connectivity index (χ3n) is 2.78. The normalized spacial score (nSPS) is 12.4. The minimum Gasteiger partial charge on any atom is -0.423 e. The molecule has 0 saturated heterocycles. The van der Waals surface area contributed by atoms with E-state index in [-0.39, 0.29) is 11.8 Å². The van der Waals surface area contributed by atoms with Gasteiger partial charge in [-0.15, -0.1) is 10.2 Å². The van der Waals surface area contributed by atoms with Crippen LogP contribution in [0.3, 0.4) is 0 Å². The second kappa shape index (κ2) is 5.62. The fourth-order valence-corrected chi connectivity index (χ4v) is 1.52. The van der Waals surface area contributed by atoms with Crippen LogP contribution in [0.15, 0.2) is 35.1 Å². The van der Waals surface area contributed by atoms with E-state index >= 15 is 0 Å². The summed E-state index contributed by atoms with van der Waals surface area (Å²) in [7, 11) is 0. The van der Waals surface area contributed by atoms with E-state index in [4.69, 9.17) is 10.2 Å². The van der Waals surface area contributed by atoms with Crippen LogP contribution < -0.4 is 11.1 Å². The molecule has 1 heterocycles. The summed E-state index contributed by atoms with van der Waals surface area (Å²) in [4.78, 5) is 11.8. The van der Waals surface area contributed by atoms with Crippen LogP contribution >= 0.6 is 0 Å². The van der Waals surface area contributed by atoms with Crippen molar-refractivity contribution < 1.29 is 9.21 Å². The van der Waals surface area contributed by atoms with Gasteiger partial charge in [-0.05, 0) is 30.2 Å². The minimum absolute atomic E-state index is 0.0951. The van der Waals surface area contributed by atoms with Gasteiger partial charge in [-0.1, -0.05) is 13.8 Å². The van der Waals surface area contributed by atoms with E-state index in [0.29, 0.717) is 11.6 Å². The summed E-state index contributed by atoms with van der Waals surface area (Å²) in [5.41, 5.74) is 7.25. The van der Waals surface area contributed by atoms with Gasteiger partial charge in [0.05, 0.1) is 6.04 Å². The first kappa shape index (κ1) is 13.2. The molecule has 19 heavy (non-hydrogen) atoms. The molecule has 3 N–H and O–H groups in total. The molecule has 0 aliphatic carbocycles. The van der Waals surface area contributed by atoms with Gasteiger partial charge in [0.1, 0.15) is 0 Å². The van der Waals surface area contributed by atoms with Crippen LogP contribution in [0.25, 0.3) is 11.5 Å². The van der Waals surface area contributed by atoms with Crippen molar-refractivity contribution in [2.75, 3.05) is 5.32 Å². The highest BCUT2D eigenvalue weighted by atomic mass is 16.4. The first-order valence-corrected chi connectivity index (χ1v) is 6.01. The van der Waals surface area contributed by atoms with E-state index in [1.165, 1.54) is 6.39 Å². The first-order valence-electron chi connectivity index (χ1n) is 6.01. The van der Waals surface area contributed by atoms with E-state index in [1.807, 2.05) is 13.8 Å². The van der Waals surface area contributed by atoms with Gasteiger partial charge in [-0.3, -0.25) is 4.79 Å². The number of anilines is 1. The average molecular weight is 260 g/mol. The Bertz CT molecular complexity index is 534. The highest BCUT2D eigenvalue weighted by Gasteiger charge is 2.17. The lowest BCUT2D eigenvalue weighted by Crippen LogP contribution is -2.39. The second-order valence-corrected chi connectivity index (χ2v) is 4.58. The van der Waals surface area contributed by atoms with Crippen molar-refractivity contribution in [3.63, 3.8) is 0 Å². The van der Waals surface area contributed by atoms with Crippen LogP contribution in [-0.2, 0) is 4.79 Å². The van der Waals surface area contributed by atoms with Gasteiger partial charge in [-0.25, -0.2) is 0 Å². The Labute approximate surface area is 111 Å². The molecule has 1 aromatic carbocycles. The number of hydrogen-bond acceptors (Lipinski definition) is 5. The van der Waals surface area contributed by atoms with Crippen molar-refractivity contribution in [3.05, 3.63) is 30.7 Å². The number of aromatic nitrogens is 2. The monoisotopic (exact) mass is 260 g/mol. The molecule has 0 spiro atoms. The summed E-state index contributed by atoms with van der Waals surface area (Å²) in [6.45, 7) is 3.81. The standard InChI is InChI=1S/C13H16N4O2/c1-8(2)11(14)12(18)16-10-5-3-9(4-6-10)13-17-15-7-19-13/h3-8,11H,14H2,1-2H3,(H,16,18). The van der Waals surface area contributed by atoms with Crippen molar-refractivity contribution in [2.45, 2.75) is 19.9 Å². The predicted molar refractivity (Wildman–Crippen MR) is 71.2 cm³/mol. The summed E-state index contributed by atoms with van der Waals surface area (Å²) in [6, 6.07) is 6.61. The predicted octanol–water partition coefficient (Wildman–Crippen LogP) is 1.66. The largest absolute Gasteiger partial charge is 0.423 e. The molecule has 2 rings (SSSR count). The Morgan fingerprint density at radius 3 is 2.53 bits per heavy atom. The molecule has 0 aliphatic rings. The molecule has 6 heteroatoms. The van der Waals surface area contributed by atoms with Gasteiger partial charge in [-0.2, -0.15) is 0 Å². The van der Waals surface area contributed by atoms with E-state index in [9.17, 15) is 4.79 Å². The summed E-state index contributed by atoms with van der Waals surface area (Å²) in [5.74, 6) is 0.343. The molecule has 2 aromatic rings. The number of amides is 1. The number of nitrogens with two attached hydrogens (primary N) is 1. The van der Waals surface area contributed by atoms with E-state index in [1.54, 1.807) is 24.3 Å². The van der Waals surface area contributed by atoms with E-state index < -0.39 is 6.04 Å². The molecule has 1 aromatic heterocycles. The summed E-state index contributed by atoms with van der Waals surface area (Å²) in [6.07, 6.45) is 1.27. The summed E-state index contributed by atoms with van der Waals surface area (Å²) >= 11 is 0. The van der Waals surface area contributed by atoms with Gasteiger partial charge in [0.15, 0.2) is 0 Å². The van der Waals surface area contributed by atoms with Crippen molar-refractivity contribution in [2.24, 2.45) is 11.7 Å². The smallest absolute Gasteiger partial charge is 0.247 e. The lowest BCUT2D eigenvalue weighted by atomic mass is 10.0. The number of nitrogens with zero attached hydrogens (tertiary/aromatic N) is 2. The van der Waals surface area contributed by atoms with E-state index in [2.05, 4.69) is 15.5 Å². The summed E-state index contributed by atoms with van der Waals surface area (Å²) in [5, 5.41) is 10.2. The number of hydrogen-bond donors (Lipinski definition) is 2. The van der Waals surface area contributed by atoms with Crippen molar-refractivity contribution >= 4 is 11.6 Å². The topological polar surface area (TPSA) is 94.0 Å². The fraction of sp³-hybridized carbons (Fsp3) is 0.308. The molecule has 0 bridgehead atoms. The van der Waals surface area contributed by atoms with Crippen LogP contribution in [0.1, 0.15) is 13.8 Å². The van der Waals surface area contributed by atoms with Gasteiger partial charge < -0.3 is 15.5 Å². The van der Waals surface area contributed by atoms with Crippen LogP contribution in [0.4, 0.5) is 5.69 Å². The van der Waals surface area contributed by atoms with Gasteiger partial charge in [0, 0.05) is 11.3 Å². The van der Waals surface area contributed by atoms with Gasteiger partial charge >= 0.3 is 0 Å². The maximum atomic E-state index is 11.8. The number of benzene rings is 1. The van der Waals surface area contributed by atoms with Crippen LogP contribution in [0.5, 0.6) is 0 Å². The number of carbonyl (C=O) groups excluding carboxylic acids is 1. The lowest BCUT2D eigenvalue weighted by Gasteiger charge is -2.15. The second-order valence-electron chi connectivity index (χ2n) is 4.58. The number of nitrogens with one attached hydrogen (secondary N) is 1. The SMILES string of the molecule is CC(C)C(N)C(=O)Nc1ccc(-c2nnco2)cc1. The Hall–Kier alpha value is -2.21. The molecule has 0 aliphatic heterocycles. The Kier molecular flexibility index (Phi) is 3.91. The first-order chi connectivity index (χ1) is 9.08. The van der Waals surface area contributed by atoms with Crippen molar-refractivity contribution in [1.29, 1.82) is 0 Å². The zero-order valence-electron chi connectivity index (χ0n) is 10.8. The summed E-state index contributed by atoms with van der Waals surface area (Å²) < 4.78 is 5.08. The molecular weight excluding hydrogens is 244 g/mol. The molecule has 6 nitrogen and oxygen atoms in total. The molecule has 0 fully saturated rings. The highest BCUT2D eigenvalue weighted by molar-refractivity contribution is 5.94. The minimum atomic E-state index is -0.518. The van der Waals surface area contributed by atoms with Crippen molar-refractivity contribution in [3.8, 4) is 11.5 Å². The van der Waals surface area contributed by atoms with Gasteiger partial charge in [0.2, 0.25) is 18.2 Å². The van der Waals surface area contributed by atoms with Gasteiger partial charge in [0.25, 0.3) is 0 Å². The van der Waals surface area contributed by atoms with Crippen LogP contribution in [0.2, 0.25) is 0 Å². The average Bonchev–Trinajstić information content (AvgIpc) is 2.92. The molecular formula is C13H16N4O2. The third kappa shape index (κ3) is 3.17. The Morgan fingerprint density at radius 1 is 1.32 bits per heavy atom. The zero-order valence-corrected chi connectivity index (χ0v) is 10.8.